The number of carbonyl (C=O) groups is 1. The third-order valence-electron chi connectivity index (χ3n) is 3.93. The molecule has 0 saturated heterocycles. The number of rotatable bonds is 4. The minimum absolute atomic E-state index is 0.368. The van der Waals surface area contributed by atoms with Crippen LogP contribution in [0.1, 0.15) is 22.8 Å². The van der Waals surface area contributed by atoms with Gasteiger partial charge in [-0.1, -0.05) is 12.1 Å². The van der Waals surface area contributed by atoms with Crippen molar-refractivity contribution in [3.63, 3.8) is 0 Å². The van der Waals surface area contributed by atoms with Crippen molar-refractivity contribution in [3.8, 4) is 11.8 Å². The molecule has 0 amide bonds. The van der Waals surface area contributed by atoms with Crippen molar-refractivity contribution < 1.29 is 19.0 Å². The van der Waals surface area contributed by atoms with Crippen LogP contribution in [0.4, 0.5) is 0 Å². The molecule has 25 heavy (non-hydrogen) atoms. The topological polar surface area (TPSA) is 80.9 Å². The number of carbonyl (C=O) groups excluding carboxylic acids is 1. The highest BCUT2D eigenvalue weighted by atomic mass is 16.5. The van der Waals surface area contributed by atoms with E-state index in [9.17, 15) is 4.79 Å². The summed E-state index contributed by atoms with van der Waals surface area (Å²) in [5.74, 6) is 0.612. The van der Waals surface area contributed by atoms with Crippen molar-refractivity contribution in [1.82, 2.24) is 0 Å². The van der Waals surface area contributed by atoms with E-state index in [1.807, 2.05) is 12.1 Å². The predicted molar refractivity (Wildman–Crippen MR) is 90.3 cm³/mol. The van der Waals surface area contributed by atoms with Gasteiger partial charge in [0.25, 0.3) is 0 Å². The number of hydrogen-bond donors (Lipinski definition) is 0. The van der Waals surface area contributed by atoms with E-state index in [2.05, 4.69) is 11.1 Å². The second-order valence-electron chi connectivity index (χ2n) is 5.40. The second kappa shape index (κ2) is 7.05. The first-order chi connectivity index (χ1) is 12.2. The molecule has 2 atom stereocenters. The van der Waals surface area contributed by atoms with Crippen LogP contribution in [-0.4, -0.2) is 32.1 Å². The summed E-state index contributed by atoms with van der Waals surface area (Å²) < 4.78 is 15.9. The third-order valence-corrected chi connectivity index (χ3v) is 3.93. The van der Waals surface area contributed by atoms with Gasteiger partial charge in [-0.15, -0.1) is 0 Å². The lowest BCUT2D eigenvalue weighted by atomic mass is 10.0. The molecule has 2 aromatic rings. The average molecular weight is 336 g/mol. The van der Waals surface area contributed by atoms with Gasteiger partial charge in [0, 0.05) is 5.56 Å². The lowest BCUT2D eigenvalue weighted by molar-refractivity contribution is -0.143. The van der Waals surface area contributed by atoms with Gasteiger partial charge in [0.05, 0.1) is 25.9 Å². The molecule has 126 valence electrons. The van der Waals surface area contributed by atoms with Crippen LogP contribution in [0, 0.1) is 11.3 Å². The second-order valence-corrected chi connectivity index (χ2v) is 5.40. The Labute approximate surface area is 145 Å². The maximum absolute atomic E-state index is 12.1. The summed E-state index contributed by atoms with van der Waals surface area (Å²) in [7, 11) is 2.91. The quantitative estimate of drug-likeness (QED) is 0.802. The van der Waals surface area contributed by atoms with Gasteiger partial charge in [-0.2, -0.15) is 5.26 Å². The Morgan fingerprint density at radius 1 is 1.12 bits per heavy atom. The molecule has 0 aromatic heterocycles. The van der Waals surface area contributed by atoms with Gasteiger partial charge in [0.2, 0.25) is 5.90 Å². The highest BCUT2D eigenvalue weighted by Gasteiger charge is 2.38. The molecule has 1 heterocycles. The monoisotopic (exact) mass is 336 g/mol. The molecule has 6 heteroatoms. The number of nitrogens with zero attached hydrogens (tertiary/aromatic N) is 2. The van der Waals surface area contributed by atoms with E-state index in [1.54, 1.807) is 43.5 Å². The Kier molecular flexibility index (Phi) is 4.66. The number of nitriles is 1. The zero-order valence-electron chi connectivity index (χ0n) is 13.8. The molecule has 6 nitrogen and oxygen atoms in total. The highest BCUT2D eigenvalue weighted by molar-refractivity contribution is 5.98. The molecule has 0 unspecified atom stereocenters. The van der Waals surface area contributed by atoms with Crippen molar-refractivity contribution in [3.05, 3.63) is 65.2 Å². The number of benzene rings is 2. The fraction of sp³-hybridized carbons (Fsp3) is 0.211. The predicted octanol–water partition coefficient (Wildman–Crippen LogP) is 2.63. The van der Waals surface area contributed by atoms with Gasteiger partial charge in [-0.25, -0.2) is 9.79 Å². The summed E-state index contributed by atoms with van der Waals surface area (Å²) in [5, 5.41) is 8.92. The third kappa shape index (κ3) is 3.31. The maximum atomic E-state index is 12.1. The Morgan fingerprint density at radius 2 is 1.80 bits per heavy atom. The first-order valence-corrected chi connectivity index (χ1v) is 7.63. The summed E-state index contributed by atoms with van der Waals surface area (Å²) in [6.07, 6.45) is -0.600. The van der Waals surface area contributed by atoms with Crippen LogP contribution >= 0.6 is 0 Å². The normalized spacial score (nSPS) is 18.7. The number of methoxy groups -OCH3 is 2. The van der Waals surface area contributed by atoms with Gasteiger partial charge < -0.3 is 14.2 Å². The molecule has 0 bridgehead atoms. The van der Waals surface area contributed by atoms with Crippen molar-refractivity contribution in [1.29, 1.82) is 5.26 Å². The number of ether oxygens (including phenoxy) is 3. The lowest BCUT2D eigenvalue weighted by Gasteiger charge is -2.16. The molecule has 0 N–H and O–H groups in total. The van der Waals surface area contributed by atoms with Crippen molar-refractivity contribution in [2.45, 2.75) is 12.1 Å². The molecule has 0 fully saturated rings. The van der Waals surface area contributed by atoms with Crippen LogP contribution in [-0.2, 0) is 14.3 Å². The number of hydrogen-bond acceptors (Lipinski definition) is 6. The summed E-state index contributed by atoms with van der Waals surface area (Å²) in [6, 6.07) is 15.4. The molecule has 0 spiro atoms. The number of aliphatic imine (C=N–C) groups is 1. The minimum Gasteiger partial charge on any atom is -0.497 e. The van der Waals surface area contributed by atoms with E-state index in [0.717, 1.165) is 16.9 Å². The van der Waals surface area contributed by atoms with E-state index in [0.29, 0.717) is 11.5 Å². The minimum atomic E-state index is -0.796. The standard InChI is InChI=1S/C19H16N2O4/c1-23-15-9-7-14(8-10-15)18-21-16(19(22)24-2)17(25-18)13-5-3-12(11-20)4-6-13/h3-10,16-17H,1-2H3/t16-,17-/m0/s1. The van der Waals surface area contributed by atoms with Crippen LogP contribution in [0.15, 0.2) is 53.5 Å². The van der Waals surface area contributed by atoms with E-state index in [-0.39, 0.29) is 0 Å². The van der Waals surface area contributed by atoms with Crippen molar-refractivity contribution in [2.75, 3.05) is 14.2 Å². The summed E-state index contributed by atoms with van der Waals surface area (Å²) >= 11 is 0. The Hall–Kier alpha value is -3.33. The van der Waals surface area contributed by atoms with E-state index >= 15 is 0 Å². The van der Waals surface area contributed by atoms with Gasteiger partial charge in [-0.05, 0) is 42.0 Å². The Morgan fingerprint density at radius 3 is 2.36 bits per heavy atom. The fourth-order valence-corrected chi connectivity index (χ4v) is 2.58. The van der Waals surface area contributed by atoms with Gasteiger partial charge in [0.1, 0.15) is 5.75 Å². The molecule has 0 radical (unpaired) electrons. The maximum Gasteiger partial charge on any atom is 0.335 e. The molecule has 1 aliphatic rings. The van der Waals surface area contributed by atoms with E-state index in [4.69, 9.17) is 19.5 Å². The molecule has 0 aliphatic carbocycles. The van der Waals surface area contributed by atoms with Gasteiger partial charge >= 0.3 is 5.97 Å². The molecule has 1 aliphatic heterocycles. The first kappa shape index (κ1) is 16.5. The van der Waals surface area contributed by atoms with Gasteiger partial charge in [-0.3, -0.25) is 0 Å². The van der Waals surface area contributed by atoms with Gasteiger partial charge in [0.15, 0.2) is 12.1 Å². The summed E-state index contributed by atoms with van der Waals surface area (Å²) in [4.78, 5) is 16.5. The largest absolute Gasteiger partial charge is 0.497 e. The van der Waals surface area contributed by atoms with Crippen molar-refractivity contribution >= 4 is 11.9 Å². The zero-order chi connectivity index (χ0) is 17.8. The average Bonchev–Trinajstić information content (AvgIpc) is 3.13. The molecule has 2 aromatic carbocycles. The van der Waals surface area contributed by atoms with Crippen LogP contribution < -0.4 is 4.74 Å². The van der Waals surface area contributed by atoms with E-state index < -0.39 is 18.1 Å². The van der Waals surface area contributed by atoms with Crippen LogP contribution in [0.5, 0.6) is 5.75 Å². The highest BCUT2D eigenvalue weighted by Crippen LogP contribution is 2.32. The van der Waals surface area contributed by atoms with E-state index in [1.165, 1.54) is 7.11 Å². The molecule has 3 rings (SSSR count). The van der Waals surface area contributed by atoms with Crippen LogP contribution in [0.25, 0.3) is 0 Å². The lowest BCUT2D eigenvalue weighted by Crippen LogP contribution is -2.25. The SMILES string of the molecule is COC(=O)[C@H]1N=C(c2ccc(OC)cc2)O[C@H]1c1ccc(C#N)cc1. The first-order valence-electron chi connectivity index (χ1n) is 7.63. The molecule has 0 saturated carbocycles. The summed E-state index contributed by atoms with van der Waals surface area (Å²) in [5.41, 5.74) is 2.03. The van der Waals surface area contributed by atoms with Crippen LogP contribution in [0.2, 0.25) is 0 Å². The van der Waals surface area contributed by atoms with Crippen molar-refractivity contribution in [2.24, 2.45) is 4.99 Å². The Balaban J connectivity index is 1.91. The summed E-state index contributed by atoms with van der Waals surface area (Å²) in [6.45, 7) is 0. The molecular weight excluding hydrogens is 320 g/mol. The zero-order valence-corrected chi connectivity index (χ0v) is 13.8. The fourth-order valence-electron chi connectivity index (χ4n) is 2.58. The Bertz CT molecular complexity index is 835. The molecular formula is C19H16N2O4. The number of esters is 1. The smallest absolute Gasteiger partial charge is 0.335 e. The van der Waals surface area contributed by atoms with Crippen LogP contribution in [0.3, 0.4) is 0 Å².